The minimum absolute atomic E-state index is 0.0636. The van der Waals surface area contributed by atoms with Crippen LogP contribution in [0.1, 0.15) is 5.56 Å². The second-order valence-electron chi connectivity index (χ2n) is 5.05. The predicted molar refractivity (Wildman–Crippen MR) is 96.0 cm³/mol. The van der Waals surface area contributed by atoms with E-state index in [1.54, 1.807) is 12.3 Å². The van der Waals surface area contributed by atoms with Crippen LogP contribution in [0.3, 0.4) is 0 Å². The van der Waals surface area contributed by atoms with E-state index in [1.807, 2.05) is 48.5 Å². The average Bonchev–Trinajstić information content (AvgIpc) is 3.08. The van der Waals surface area contributed by atoms with Gasteiger partial charge in [0, 0.05) is 17.1 Å². The molecule has 0 saturated carbocycles. The summed E-state index contributed by atoms with van der Waals surface area (Å²) in [6, 6.07) is 17.1. The molecule has 0 radical (unpaired) electrons. The summed E-state index contributed by atoms with van der Waals surface area (Å²) in [6.07, 6.45) is 1.63. The smallest absolute Gasteiger partial charge is 0.256 e. The first-order valence-corrected chi connectivity index (χ1v) is 8.72. The zero-order valence-electron chi connectivity index (χ0n) is 12.7. The Balaban J connectivity index is 1.51. The first-order chi connectivity index (χ1) is 11.7. The van der Waals surface area contributed by atoms with E-state index in [9.17, 15) is 4.79 Å². The van der Waals surface area contributed by atoms with Crippen LogP contribution in [0.25, 0.3) is 11.3 Å². The summed E-state index contributed by atoms with van der Waals surface area (Å²) in [7, 11) is 0. The molecule has 1 N–H and O–H groups in total. The number of halogens is 1. The molecule has 0 unspecified atom stereocenters. The topological polar surface area (TPSA) is 55.1 Å². The van der Waals surface area contributed by atoms with Crippen LogP contribution in [-0.2, 0) is 11.3 Å². The van der Waals surface area contributed by atoms with Crippen LogP contribution in [0.5, 0.6) is 0 Å². The highest BCUT2D eigenvalue weighted by Crippen LogP contribution is 2.26. The van der Waals surface area contributed by atoms with Gasteiger partial charge in [-0.3, -0.25) is 4.79 Å². The summed E-state index contributed by atoms with van der Waals surface area (Å²) >= 11 is 7.23. The number of carbonyl (C=O) groups excluding carboxylic acids is 1. The average molecular weight is 359 g/mol. The molecule has 24 heavy (non-hydrogen) atoms. The van der Waals surface area contributed by atoms with Crippen molar-refractivity contribution >= 4 is 29.3 Å². The van der Waals surface area contributed by atoms with Gasteiger partial charge in [-0.2, -0.15) is 0 Å². The molecule has 122 valence electrons. The molecule has 6 heteroatoms. The van der Waals surface area contributed by atoms with Gasteiger partial charge in [-0.15, -0.1) is 0 Å². The standard InChI is InChI=1S/C18H15ClN2O2S/c19-15-8-4-7-14(9-15)16-11-21-18(23-16)24-12-17(22)20-10-13-5-2-1-3-6-13/h1-9,11H,10,12H2,(H,20,22). The minimum atomic E-state index is -0.0636. The zero-order chi connectivity index (χ0) is 16.8. The number of hydrogen-bond donors (Lipinski definition) is 1. The van der Waals surface area contributed by atoms with Crippen LogP contribution in [0, 0.1) is 0 Å². The maximum Gasteiger partial charge on any atom is 0.256 e. The Morgan fingerprint density at radius 1 is 1.17 bits per heavy atom. The van der Waals surface area contributed by atoms with E-state index in [2.05, 4.69) is 10.3 Å². The monoisotopic (exact) mass is 358 g/mol. The van der Waals surface area contributed by atoms with Crippen LogP contribution in [0.2, 0.25) is 5.02 Å². The lowest BCUT2D eigenvalue weighted by atomic mass is 10.2. The van der Waals surface area contributed by atoms with Gasteiger partial charge in [0.1, 0.15) is 0 Å². The second-order valence-corrected chi connectivity index (χ2v) is 6.41. The fourth-order valence-electron chi connectivity index (χ4n) is 2.07. The van der Waals surface area contributed by atoms with Gasteiger partial charge in [0.15, 0.2) is 5.76 Å². The molecule has 3 rings (SSSR count). The molecule has 2 aromatic carbocycles. The number of rotatable bonds is 6. The van der Waals surface area contributed by atoms with Crippen LogP contribution in [0.4, 0.5) is 0 Å². The van der Waals surface area contributed by atoms with Crippen LogP contribution in [0.15, 0.2) is 70.4 Å². The molecule has 4 nitrogen and oxygen atoms in total. The van der Waals surface area contributed by atoms with E-state index in [0.29, 0.717) is 22.6 Å². The van der Waals surface area contributed by atoms with Crippen molar-refractivity contribution in [3.8, 4) is 11.3 Å². The van der Waals surface area contributed by atoms with Gasteiger partial charge in [0.2, 0.25) is 5.91 Å². The van der Waals surface area contributed by atoms with Crippen molar-refractivity contribution in [3.05, 3.63) is 71.4 Å². The number of nitrogens with one attached hydrogen (secondary N) is 1. The molecule has 0 spiro atoms. The Kier molecular flexibility index (Phi) is 5.56. The number of benzene rings is 2. The number of carbonyl (C=O) groups is 1. The zero-order valence-corrected chi connectivity index (χ0v) is 14.3. The molecule has 0 saturated heterocycles. The van der Waals surface area contributed by atoms with E-state index < -0.39 is 0 Å². The summed E-state index contributed by atoms with van der Waals surface area (Å²) < 4.78 is 5.65. The third-order valence-electron chi connectivity index (χ3n) is 3.25. The summed E-state index contributed by atoms with van der Waals surface area (Å²) in [5.74, 6) is 0.818. The SMILES string of the molecule is O=C(CSc1ncc(-c2cccc(Cl)c2)o1)NCc1ccccc1. The highest BCUT2D eigenvalue weighted by Gasteiger charge is 2.10. The van der Waals surface area contributed by atoms with E-state index >= 15 is 0 Å². The quantitative estimate of drug-likeness (QED) is 0.663. The molecule has 0 atom stereocenters. The molecular formula is C18H15ClN2O2S. The molecule has 0 fully saturated rings. The molecule has 0 aliphatic carbocycles. The highest BCUT2D eigenvalue weighted by atomic mass is 35.5. The van der Waals surface area contributed by atoms with Gasteiger partial charge in [-0.25, -0.2) is 4.98 Å². The molecule has 1 amide bonds. The second kappa shape index (κ2) is 8.04. The summed E-state index contributed by atoms with van der Waals surface area (Å²) in [5.41, 5.74) is 1.92. The van der Waals surface area contributed by atoms with E-state index in [0.717, 1.165) is 11.1 Å². The van der Waals surface area contributed by atoms with E-state index in [4.69, 9.17) is 16.0 Å². The van der Waals surface area contributed by atoms with Crippen molar-refractivity contribution < 1.29 is 9.21 Å². The van der Waals surface area contributed by atoms with Crippen molar-refractivity contribution in [2.24, 2.45) is 0 Å². The van der Waals surface area contributed by atoms with Crippen LogP contribution >= 0.6 is 23.4 Å². The molecule has 1 aromatic heterocycles. The van der Waals surface area contributed by atoms with Crippen molar-refractivity contribution in [1.29, 1.82) is 0 Å². The van der Waals surface area contributed by atoms with Crippen molar-refractivity contribution in [2.75, 3.05) is 5.75 Å². The molecule has 3 aromatic rings. The van der Waals surface area contributed by atoms with E-state index in [1.165, 1.54) is 11.8 Å². The molecule has 0 aliphatic heterocycles. The predicted octanol–water partition coefficient (Wildman–Crippen LogP) is 4.40. The number of nitrogens with zero attached hydrogens (tertiary/aromatic N) is 1. The summed E-state index contributed by atoms with van der Waals surface area (Å²) in [4.78, 5) is 16.1. The fourth-order valence-corrected chi connectivity index (χ4v) is 2.90. The molecule has 0 aliphatic rings. The Morgan fingerprint density at radius 3 is 2.79 bits per heavy atom. The van der Waals surface area contributed by atoms with Crippen LogP contribution < -0.4 is 5.32 Å². The number of amides is 1. The summed E-state index contributed by atoms with van der Waals surface area (Å²) in [5, 5.41) is 3.96. The first-order valence-electron chi connectivity index (χ1n) is 7.36. The van der Waals surface area contributed by atoms with Crippen molar-refractivity contribution in [3.63, 3.8) is 0 Å². The van der Waals surface area contributed by atoms with Gasteiger partial charge >= 0.3 is 0 Å². The third-order valence-corrected chi connectivity index (χ3v) is 4.33. The lowest BCUT2D eigenvalue weighted by molar-refractivity contribution is -0.118. The summed E-state index contributed by atoms with van der Waals surface area (Å²) in [6.45, 7) is 0.513. The Morgan fingerprint density at radius 2 is 2.00 bits per heavy atom. The van der Waals surface area contributed by atoms with Crippen LogP contribution in [-0.4, -0.2) is 16.6 Å². The highest BCUT2D eigenvalue weighted by molar-refractivity contribution is 7.99. The maximum atomic E-state index is 11.9. The van der Waals surface area contributed by atoms with Crippen molar-refractivity contribution in [1.82, 2.24) is 10.3 Å². The normalized spacial score (nSPS) is 10.5. The number of oxazole rings is 1. The van der Waals surface area contributed by atoms with Gasteiger partial charge in [0.05, 0.1) is 11.9 Å². The number of hydrogen-bond acceptors (Lipinski definition) is 4. The molecule has 1 heterocycles. The fraction of sp³-hybridized carbons (Fsp3) is 0.111. The Hall–Kier alpha value is -2.24. The minimum Gasteiger partial charge on any atom is -0.431 e. The first kappa shape index (κ1) is 16.6. The number of aromatic nitrogens is 1. The number of thioether (sulfide) groups is 1. The molecular weight excluding hydrogens is 344 g/mol. The Labute approximate surface area is 149 Å². The lowest BCUT2D eigenvalue weighted by Gasteiger charge is -2.03. The van der Waals surface area contributed by atoms with Gasteiger partial charge in [-0.1, -0.05) is 65.8 Å². The van der Waals surface area contributed by atoms with Gasteiger partial charge in [0.25, 0.3) is 5.22 Å². The Bertz CT molecular complexity index is 821. The molecule has 0 bridgehead atoms. The van der Waals surface area contributed by atoms with E-state index in [-0.39, 0.29) is 11.7 Å². The lowest BCUT2D eigenvalue weighted by Crippen LogP contribution is -2.24. The van der Waals surface area contributed by atoms with Gasteiger partial charge < -0.3 is 9.73 Å². The maximum absolute atomic E-state index is 11.9. The van der Waals surface area contributed by atoms with Crippen molar-refractivity contribution in [2.45, 2.75) is 11.8 Å². The third kappa shape index (κ3) is 4.63. The van der Waals surface area contributed by atoms with Gasteiger partial charge in [-0.05, 0) is 17.7 Å². The largest absolute Gasteiger partial charge is 0.431 e.